The van der Waals surface area contributed by atoms with Crippen LogP contribution in [0.5, 0.6) is 0 Å². The molecule has 1 amide bonds. The van der Waals surface area contributed by atoms with Crippen molar-refractivity contribution in [2.24, 2.45) is 70.0 Å². The second-order valence-corrected chi connectivity index (χ2v) is 31.4. The van der Waals surface area contributed by atoms with E-state index < -0.39 is 143 Å². The minimum absolute atomic E-state index is 0.00463. The van der Waals surface area contributed by atoms with Crippen molar-refractivity contribution in [2.75, 3.05) is 6.54 Å². The van der Waals surface area contributed by atoms with E-state index in [2.05, 4.69) is 42.0 Å². The average Bonchev–Trinajstić information content (AvgIpc) is 1.56. The molecule has 0 aromatic carbocycles. The van der Waals surface area contributed by atoms with Crippen molar-refractivity contribution in [1.29, 1.82) is 0 Å². The molecule has 22 atom stereocenters. The maximum absolute atomic E-state index is 14.7. The minimum Gasteiger partial charge on any atom is -0.457 e. The molecular formula is C79H116N6O17. The smallest absolute Gasteiger partial charge is 0.420 e. The summed E-state index contributed by atoms with van der Waals surface area (Å²) in [4.78, 5) is 126. The Bertz CT molecular complexity index is 3470. The molecule has 8 rings (SSSR count). The van der Waals surface area contributed by atoms with Gasteiger partial charge in [-0.3, -0.25) is 38.7 Å². The summed E-state index contributed by atoms with van der Waals surface area (Å²) in [6, 6.07) is 3.09. The minimum atomic E-state index is -1.70. The Balaban J connectivity index is 0.000000294. The first-order chi connectivity index (χ1) is 47.8. The topological polar surface area (TPSA) is 282 Å². The summed E-state index contributed by atoms with van der Waals surface area (Å²) in [5.74, 6) is -7.91. The van der Waals surface area contributed by atoms with Gasteiger partial charge in [0.15, 0.2) is 41.1 Å². The van der Waals surface area contributed by atoms with Gasteiger partial charge in [-0.15, -0.1) is 0 Å². The number of allylic oxidation sites excluding steroid dienone is 1. The molecule has 0 saturated carbocycles. The van der Waals surface area contributed by atoms with E-state index in [4.69, 9.17) is 37.9 Å². The summed E-state index contributed by atoms with van der Waals surface area (Å²) in [7, 11) is 0. The number of rotatable bonds is 15. The summed E-state index contributed by atoms with van der Waals surface area (Å²) in [6.07, 6.45) is 10.3. The number of unbranched alkanes of at least 4 members (excludes halogenated alkanes) is 1. The van der Waals surface area contributed by atoms with Crippen LogP contribution in [0.15, 0.2) is 86.5 Å². The van der Waals surface area contributed by atoms with Crippen LogP contribution in [0.3, 0.4) is 0 Å². The van der Waals surface area contributed by atoms with Crippen molar-refractivity contribution in [3.63, 3.8) is 0 Å². The predicted octanol–water partition coefficient (Wildman–Crippen LogP) is 13.1. The molecule has 0 spiro atoms. The maximum Gasteiger partial charge on any atom is 0.420 e. The van der Waals surface area contributed by atoms with Crippen LogP contribution in [0.2, 0.25) is 0 Å². The number of fused-ring (bicyclic) bond motifs is 1. The first-order valence-electron chi connectivity index (χ1n) is 36.8. The van der Waals surface area contributed by atoms with Gasteiger partial charge in [0.05, 0.1) is 42.5 Å². The molecule has 3 aromatic heterocycles. The number of aliphatic hydroxyl groups is 1. The second kappa shape index (κ2) is 34.2. The molecule has 0 radical (unpaired) electrons. The average molecular weight is 1420 g/mol. The molecule has 5 aliphatic rings. The van der Waals surface area contributed by atoms with E-state index >= 15 is 0 Å². The second-order valence-electron chi connectivity index (χ2n) is 31.4. The lowest BCUT2D eigenvalue weighted by Crippen LogP contribution is -2.58. The zero-order chi connectivity index (χ0) is 75.8. The zero-order valence-corrected chi connectivity index (χ0v) is 64.0. The van der Waals surface area contributed by atoms with E-state index in [9.17, 15) is 43.5 Å². The van der Waals surface area contributed by atoms with Crippen molar-refractivity contribution in [3.05, 3.63) is 92.2 Å². The Kier molecular flexibility index (Phi) is 27.6. The number of nitrogens with zero attached hydrogens (tertiary/aromatic N) is 6. The molecular weight excluding hydrogens is 1300 g/mol. The van der Waals surface area contributed by atoms with Crippen LogP contribution in [0.4, 0.5) is 9.59 Å². The fraction of sp³-hybridized carbons (Fsp3) is 0.684. The third-order valence-corrected chi connectivity index (χ3v) is 22.2. The highest BCUT2D eigenvalue weighted by Crippen LogP contribution is 2.47. The van der Waals surface area contributed by atoms with Gasteiger partial charge in [-0.2, -0.15) is 0 Å². The van der Waals surface area contributed by atoms with E-state index in [1.807, 2.05) is 92.1 Å². The number of aromatic nitrogens is 5. The van der Waals surface area contributed by atoms with Gasteiger partial charge in [0.25, 0.3) is 0 Å². The van der Waals surface area contributed by atoms with Crippen LogP contribution < -0.4 is 0 Å². The molecule has 4 fully saturated rings. The normalized spacial score (nSPS) is 36.5. The first kappa shape index (κ1) is 82.2. The van der Waals surface area contributed by atoms with Crippen LogP contribution in [0.1, 0.15) is 189 Å². The number of carbonyl (C=O) groups excluding carboxylic acids is 8. The number of imidazole rings is 2. The number of esters is 2. The third-order valence-electron chi connectivity index (χ3n) is 22.2. The molecule has 5 aliphatic heterocycles. The van der Waals surface area contributed by atoms with Crippen LogP contribution in [-0.2, 0) is 73.2 Å². The maximum atomic E-state index is 14.7. The third kappa shape index (κ3) is 18.3. The van der Waals surface area contributed by atoms with Gasteiger partial charge < -0.3 is 47.6 Å². The molecule has 0 bridgehead atoms. The quantitative estimate of drug-likeness (QED) is 0.0486. The Labute approximate surface area is 604 Å². The summed E-state index contributed by atoms with van der Waals surface area (Å²) >= 11 is 0. The molecule has 0 unspecified atom stereocenters. The molecule has 0 aliphatic carbocycles. The van der Waals surface area contributed by atoms with Crippen molar-refractivity contribution in [1.82, 2.24) is 29.0 Å². The first-order valence-corrected chi connectivity index (χ1v) is 36.8. The number of ketones is 4. The molecule has 1 N–H and O–H groups in total. The summed E-state index contributed by atoms with van der Waals surface area (Å²) < 4.78 is 52.9. The van der Waals surface area contributed by atoms with Crippen molar-refractivity contribution >= 4 is 47.3 Å². The van der Waals surface area contributed by atoms with Gasteiger partial charge in [0, 0.05) is 84.6 Å². The van der Waals surface area contributed by atoms with Crippen molar-refractivity contribution < 1.29 is 81.4 Å². The van der Waals surface area contributed by atoms with Gasteiger partial charge in [-0.05, 0) is 152 Å². The number of aliphatic hydroxyl groups excluding tert-OH is 1. The highest BCUT2D eigenvalue weighted by molar-refractivity contribution is 6.01. The monoisotopic (exact) mass is 1420 g/mol. The number of hydrogen-bond acceptors (Lipinski definition) is 20. The van der Waals surface area contributed by atoms with E-state index in [1.54, 1.807) is 59.0 Å². The Morgan fingerprint density at radius 1 is 0.686 bits per heavy atom. The SMILES string of the molecule is C=C[C@]1(OC(=O)n2ccnc2)/C=C(\C)C(=O)[C@H](C)CC(C)(C)[C@H](O[C@@H]2O[C@H](C)C[C@H](C)[C@H]2C)[C@@H](C)C(=O)[C@@H](C)C(=O)O[C@@H]1CC.C=C[C@]12OC(=O)N(CCCCn3cnc(-c4ccc(C)nc4)c3)[C@@H]1[C@@H](C)C(=O)[C@H](C)CC(C)(C)[C@H](O[C@@H]1O[C@H](C)C[C@H](C)[C@H]1O)[C@@H](C)C(=O)[C@@H](C)C(=O)O[C@@H]2CC. The summed E-state index contributed by atoms with van der Waals surface area (Å²) in [6.45, 7) is 46.0. The van der Waals surface area contributed by atoms with Crippen LogP contribution in [0, 0.1) is 76.9 Å². The molecule has 3 aromatic rings. The lowest BCUT2D eigenvalue weighted by atomic mass is 9.69. The Morgan fingerprint density at radius 2 is 1.25 bits per heavy atom. The fourth-order valence-electron chi connectivity index (χ4n) is 16.3. The fourth-order valence-corrected chi connectivity index (χ4v) is 16.3. The van der Waals surface area contributed by atoms with Gasteiger partial charge in [-0.1, -0.05) is 110 Å². The van der Waals surface area contributed by atoms with Gasteiger partial charge >= 0.3 is 24.1 Å². The largest absolute Gasteiger partial charge is 0.457 e. The summed E-state index contributed by atoms with van der Waals surface area (Å²) in [5.41, 5.74) is -1.75. The van der Waals surface area contributed by atoms with Gasteiger partial charge in [0.1, 0.15) is 42.3 Å². The van der Waals surface area contributed by atoms with Crippen molar-refractivity contribution in [2.45, 2.75) is 269 Å². The van der Waals surface area contributed by atoms with Crippen LogP contribution >= 0.6 is 0 Å². The highest BCUT2D eigenvalue weighted by Gasteiger charge is 2.62. The van der Waals surface area contributed by atoms with Crippen molar-refractivity contribution in [3.8, 4) is 11.3 Å². The Morgan fingerprint density at radius 3 is 1.79 bits per heavy atom. The van der Waals surface area contributed by atoms with Crippen LogP contribution in [0.25, 0.3) is 11.3 Å². The standard InChI is InChI=1S/C44H64N4O9.C35H52N2O8/c1-12-34-44(13-2)38(48(42(53)57-44)19-15-14-18-47-23-33(46-24-47)32-17-16-27(5)45-22-32)29(7)35(49)26(4)21-43(10,11)39(30(8)37(51)31(9)40(52)55-34)56-41-36(50)25(3)20-28(6)54-41;1-12-27-35(13-2,45-33(41)37-15-14-36-19-37)18-22(5)28(38)21(4)17-34(10,11)30(25(8)29(39)26(9)31(40)43-27)44-32-24(7)20(3)16-23(6)42-32/h13,16-17,22-26,28-31,34,36,38-39,41,50H,2,12,14-15,18-21H2,1,3-11H3;13-15,18-21,23-27,30,32H,2,12,16-17H2,1,3-11H3/b;22-18+/t25-,26+,28+,29-,30-,31+,34+,36+,38+,39+,41-,44+;20-,21+,23+,24+,25-,26+,27+,30+,32-,35-/m00/s1. The number of cyclic esters (lactones) is 2. The highest BCUT2D eigenvalue weighted by atomic mass is 16.7. The number of ether oxygens (including phenoxy) is 8. The Hall–Kier alpha value is -7.05. The lowest BCUT2D eigenvalue weighted by Gasteiger charge is -2.45. The molecule has 8 heterocycles. The number of Topliss-reactive ketones (excluding diaryl/α,β-unsaturated/α-hetero) is 4. The van der Waals surface area contributed by atoms with E-state index in [0.29, 0.717) is 50.1 Å². The molecule has 4 saturated heterocycles. The number of aryl methyl sites for hydroxylation is 2. The molecule has 102 heavy (non-hydrogen) atoms. The lowest BCUT2D eigenvalue weighted by molar-refractivity contribution is -0.284. The van der Waals surface area contributed by atoms with Gasteiger partial charge in [0.2, 0.25) is 0 Å². The van der Waals surface area contributed by atoms with Gasteiger partial charge in [-0.25, -0.2) is 24.1 Å². The number of pyridine rings is 1. The number of carbonyl (C=O) groups is 8. The molecule has 23 heteroatoms. The summed E-state index contributed by atoms with van der Waals surface area (Å²) in [5, 5.41) is 11.1. The predicted molar refractivity (Wildman–Crippen MR) is 383 cm³/mol. The molecule has 564 valence electrons. The zero-order valence-electron chi connectivity index (χ0n) is 64.0. The van der Waals surface area contributed by atoms with E-state index in [0.717, 1.165) is 27.9 Å². The van der Waals surface area contributed by atoms with Crippen LogP contribution in [-0.4, -0.2) is 160 Å². The number of amides is 1. The number of hydrogen-bond donors (Lipinski definition) is 1. The van der Waals surface area contributed by atoms with E-state index in [-0.39, 0.29) is 60.8 Å². The van der Waals surface area contributed by atoms with E-state index in [1.165, 1.54) is 50.8 Å². The molecule has 23 nitrogen and oxygen atoms in total.